The van der Waals surface area contributed by atoms with E-state index in [1.165, 1.54) is 11.8 Å². The number of anilines is 2. The first-order valence-electron chi connectivity index (χ1n) is 13.3. The third-order valence-electron chi connectivity index (χ3n) is 7.16. The zero-order valence-corrected chi connectivity index (χ0v) is 26.1. The molecule has 1 spiro atoms. The molecule has 5 aromatic rings. The van der Waals surface area contributed by atoms with E-state index in [-0.39, 0.29) is 5.78 Å². The molecule has 42 heavy (non-hydrogen) atoms. The van der Waals surface area contributed by atoms with E-state index >= 15 is 0 Å². The quantitative estimate of drug-likeness (QED) is 0.172. The van der Waals surface area contributed by atoms with Gasteiger partial charge in [-0.3, -0.25) is 4.79 Å². The van der Waals surface area contributed by atoms with E-state index < -0.39 is 4.99 Å². The van der Waals surface area contributed by atoms with Gasteiger partial charge in [0, 0.05) is 31.2 Å². The Kier molecular flexibility index (Phi) is 7.06. The third-order valence-corrected chi connectivity index (χ3v) is 9.53. The van der Waals surface area contributed by atoms with Crippen molar-refractivity contribution in [2.24, 2.45) is 10.2 Å². The number of hydrazone groups is 2. The summed E-state index contributed by atoms with van der Waals surface area (Å²) in [6, 6.07) is 43.8. The van der Waals surface area contributed by atoms with Gasteiger partial charge in [0.1, 0.15) is 0 Å². The summed E-state index contributed by atoms with van der Waals surface area (Å²) in [4.78, 5) is 12.9. The lowest BCUT2D eigenvalue weighted by Gasteiger charge is -2.47. The number of para-hydroxylation sites is 1. The van der Waals surface area contributed by atoms with Gasteiger partial charge in [0.2, 0.25) is 10.8 Å². The number of hydrogen-bond donors (Lipinski definition) is 0. The molecule has 7 rings (SSSR count). The number of hydrogen-bond acceptors (Lipinski definition) is 6. The summed E-state index contributed by atoms with van der Waals surface area (Å²) in [7, 11) is 0. The van der Waals surface area contributed by atoms with Crippen LogP contribution < -0.4 is 10.0 Å². The molecule has 0 aromatic heterocycles. The number of carbonyl (C=O) groups excluding carboxylic acids is 1. The summed E-state index contributed by atoms with van der Waals surface area (Å²) in [6.07, 6.45) is 0. The SMILES string of the molecule is O=C(C1=NN(c2ccc(Br)cc2)C2(S1)c1ccccc1C(c1ccc(Br)cc1)=NN2c1ccccc1)c1ccccc1. The topological polar surface area (TPSA) is 48.3 Å². The standard InChI is InChI=1S/C34H22Br2N4OS/c35-25-17-15-23(16-18-25)31-29-13-7-8-14-30(29)34(39(37-31)27-11-5-2-6-12-27)40(28-21-19-26(36)20-22-28)38-33(42-34)32(41)24-9-3-1-4-10-24/h1-22H. The monoisotopic (exact) mass is 692 g/mol. The average molecular weight is 694 g/mol. The van der Waals surface area contributed by atoms with Crippen LogP contribution >= 0.6 is 43.6 Å². The maximum Gasteiger partial charge on any atom is 0.234 e. The van der Waals surface area contributed by atoms with Crippen LogP contribution in [0.5, 0.6) is 0 Å². The Hall–Kier alpha value is -3.98. The molecule has 5 nitrogen and oxygen atoms in total. The second-order valence-electron chi connectivity index (χ2n) is 9.75. The maximum absolute atomic E-state index is 13.9. The van der Waals surface area contributed by atoms with Crippen molar-refractivity contribution in [3.63, 3.8) is 0 Å². The van der Waals surface area contributed by atoms with E-state index in [0.717, 1.165) is 42.7 Å². The molecule has 8 heteroatoms. The van der Waals surface area contributed by atoms with Crippen molar-refractivity contribution in [1.29, 1.82) is 0 Å². The Labute approximate surface area is 264 Å². The fraction of sp³-hybridized carbons (Fsp3) is 0.0294. The van der Waals surface area contributed by atoms with E-state index in [4.69, 9.17) is 10.2 Å². The van der Waals surface area contributed by atoms with Crippen LogP contribution in [0.15, 0.2) is 153 Å². The third kappa shape index (κ3) is 4.60. The molecule has 2 aliphatic rings. The lowest BCUT2D eigenvalue weighted by atomic mass is 9.93. The Morgan fingerprint density at radius 2 is 1.17 bits per heavy atom. The molecule has 0 aliphatic carbocycles. The molecule has 0 fully saturated rings. The first-order valence-corrected chi connectivity index (χ1v) is 15.7. The van der Waals surface area contributed by atoms with Gasteiger partial charge in [-0.1, -0.05) is 117 Å². The number of rotatable bonds is 5. The van der Waals surface area contributed by atoms with Crippen LogP contribution in [0, 0.1) is 0 Å². The van der Waals surface area contributed by atoms with Gasteiger partial charge in [-0.15, -0.1) is 0 Å². The predicted molar refractivity (Wildman–Crippen MR) is 179 cm³/mol. The molecule has 0 saturated heterocycles. The van der Waals surface area contributed by atoms with E-state index in [2.05, 4.69) is 56.1 Å². The Bertz CT molecular complexity index is 1850. The van der Waals surface area contributed by atoms with E-state index in [1.54, 1.807) is 0 Å². The van der Waals surface area contributed by atoms with Crippen molar-refractivity contribution in [2.75, 3.05) is 10.0 Å². The van der Waals surface area contributed by atoms with Crippen molar-refractivity contribution in [3.8, 4) is 0 Å². The van der Waals surface area contributed by atoms with Crippen LogP contribution in [-0.2, 0) is 4.99 Å². The molecule has 5 aromatic carbocycles. The largest absolute Gasteiger partial charge is 0.286 e. The normalized spacial score (nSPS) is 17.6. The lowest BCUT2D eigenvalue weighted by molar-refractivity contribution is 0.106. The molecule has 204 valence electrons. The zero-order chi connectivity index (χ0) is 28.7. The lowest BCUT2D eigenvalue weighted by Crippen LogP contribution is -2.54. The predicted octanol–water partition coefficient (Wildman–Crippen LogP) is 9.04. The van der Waals surface area contributed by atoms with Crippen LogP contribution in [0.2, 0.25) is 0 Å². The average Bonchev–Trinajstić information content (AvgIpc) is 3.43. The van der Waals surface area contributed by atoms with Crippen LogP contribution in [0.3, 0.4) is 0 Å². The summed E-state index contributed by atoms with van der Waals surface area (Å²) in [5.74, 6) is -0.132. The molecule has 0 amide bonds. The molecule has 0 N–H and O–H groups in total. The molecule has 1 atom stereocenters. The number of halogens is 2. The molecule has 0 bridgehead atoms. The molecule has 2 aliphatic heterocycles. The summed E-state index contributed by atoms with van der Waals surface area (Å²) in [6.45, 7) is 0. The van der Waals surface area contributed by atoms with Crippen molar-refractivity contribution in [2.45, 2.75) is 4.99 Å². The number of carbonyl (C=O) groups is 1. The van der Waals surface area contributed by atoms with Gasteiger partial charge in [-0.25, -0.2) is 10.0 Å². The first kappa shape index (κ1) is 26.9. The van der Waals surface area contributed by atoms with Crippen molar-refractivity contribution >= 4 is 71.5 Å². The highest BCUT2D eigenvalue weighted by Gasteiger charge is 2.56. The highest BCUT2D eigenvalue weighted by molar-refractivity contribution is 9.10. The van der Waals surface area contributed by atoms with E-state index in [9.17, 15) is 4.79 Å². The molecule has 2 heterocycles. The molecular formula is C34H22Br2N4OS. The molecule has 0 radical (unpaired) electrons. The minimum Gasteiger partial charge on any atom is -0.286 e. The first-order chi connectivity index (χ1) is 20.5. The zero-order valence-electron chi connectivity index (χ0n) is 22.1. The fourth-order valence-electron chi connectivity index (χ4n) is 5.21. The summed E-state index contributed by atoms with van der Waals surface area (Å²) in [5.41, 5.74) is 6.08. The Balaban J connectivity index is 1.49. The van der Waals surface area contributed by atoms with Gasteiger partial charge in [0.05, 0.1) is 17.1 Å². The molecule has 0 saturated carbocycles. The van der Waals surface area contributed by atoms with Crippen LogP contribution in [0.4, 0.5) is 11.4 Å². The fourth-order valence-corrected chi connectivity index (χ4v) is 7.10. The smallest absolute Gasteiger partial charge is 0.234 e. The summed E-state index contributed by atoms with van der Waals surface area (Å²) in [5, 5.41) is 14.8. The minimum absolute atomic E-state index is 0.132. The van der Waals surface area contributed by atoms with E-state index in [0.29, 0.717) is 10.6 Å². The Morgan fingerprint density at radius 3 is 1.86 bits per heavy atom. The second kappa shape index (κ2) is 11.0. The number of benzene rings is 5. The van der Waals surface area contributed by atoms with Crippen molar-refractivity contribution in [1.82, 2.24) is 0 Å². The number of fused-ring (bicyclic) bond motifs is 2. The van der Waals surface area contributed by atoms with Gasteiger partial charge in [-0.05, 0) is 60.3 Å². The van der Waals surface area contributed by atoms with Crippen molar-refractivity contribution < 1.29 is 4.79 Å². The maximum atomic E-state index is 13.9. The number of Topliss-reactive ketones (excluding diaryl/α,β-unsaturated/α-hetero) is 1. The highest BCUT2D eigenvalue weighted by atomic mass is 79.9. The highest BCUT2D eigenvalue weighted by Crippen LogP contribution is 2.55. The van der Waals surface area contributed by atoms with Gasteiger partial charge in [0.25, 0.3) is 0 Å². The Morgan fingerprint density at radius 1 is 0.619 bits per heavy atom. The minimum atomic E-state index is -1.02. The van der Waals surface area contributed by atoms with Crippen molar-refractivity contribution in [3.05, 3.63) is 165 Å². The van der Waals surface area contributed by atoms with Crippen LogP contribution in [0.1, 0.15) is 27.0 Å². The number of nitrogens with zero attached hydrogens (tertiary/aromatic N) is 4. The second-order valence-corrected chi connectivity index (χ2v) is 12.7. The van der Waals surface area contributed by atoms with Gasteiger partial charge in [0.15, 0.2) is 5.04 Å². The summed E-state index contributed by atoms with van der Waals surface area (Å²) >= 11 is 8.55. The van der Waals surface area contributed by atoms with Gasteiger partial charge < -0.3 is 0 Å². The van der Waals surface area contributed by atoms with Crippen LogP contribution in [0.25, 0.3) is 0 Å². The summed E-state index contributed by atoms with van der Waals surface area (Å²) < 4.78 is 1.95. The number of ketones is 1. The van der Waals surface area contributed by atoms with Gasteiger partial charge in [-0.2, -0.15) is 10.2 Å². The van der Waals surface area contributed by atoms with E-state index in [1.807, 2.05) is 119 Å². The molecule has 1 unspecified atom stereocenters. The molecular weight excluding hydrogens is 672 g/mol. The van der Waals surface area contributed by atoms with Crippen LogP contribution in [-0.4, -0.2) is 16.5 Å². The van der Waals surface area contributed by atoms with Gasteiger partial charge >= 0.3 is 0 Å². The number of thioether (sulfide) groups is 1.